The molecule has 3 heteroatoms. The Bertz CT molecular complexity index is 299. The van der Waals surface area contributed by atoms with Crippen molar-refractivity contribution in [1.82, 2.24) is 0 Å². The second-order valence-corrected chi connectivity index (χ2v) is 3.34. The molecule has 0 aliphatic heterocycles. The lowest BCUT2D eigenvalue weighted by Crippen LogP contribution is -2.11. The van der Waals surface area contributed by atoms with E-state index in [1.165, 1.54) is 0 Å². The lowest BCUT2D eigenvalue weighted by Gasteiger charge is -2.04. The molecule has 0 unspecified atom stereocenters. The number of thiol groups is 1. The van der Waals surface area contributed by atoms with Crippen molar-refractivity contribution in [3.8, 4) is 0 Å². The van der Waals surface area contributed by atoms with E-state index in [1.54, 1.807) is 0 Å². The summed E-state index contributed by atoms with van der Waals surface area (Å²) in [6, 6.07) is 7.74. The topological polar surface area (TPSA) is 29.1 Å². The van der Waals surface area contributed by atoms with Crippen LogP contribution in [-0.4, -0.2) is 11.7 Å². The van der Waals surface area contributed by atoms with Crippen LogP contribution in [0.3, 0.4) is 0 Å². The normalized spacial score (nSPS) is 9.69. The van der Waals surface area contributed by atoms with E-state index in [1.807, 2.05) is 31.2 Å². The molecule has 1 amide bonds. The minimum atomic E-state index is 0.0144. The number of nitrogens with one attached hydrogen (secondary N) is 1. The molecule has 0 heterocycles. The van der Waals surface area contributed by atoms with Crippen LogP contribution >= 0.6 is 12.6 Å². The summed E-state index contributed by atoms with van der Waals surface area (Å²) in [4.78, 5) is 11.2. The number of hydrogen-bond acceptors (Lipinski definition) is 2. The van der Waals surface area contributed by atoms with Crippen molar-refractivity contribution in [2.45, 2.75) is 13.3 Å². The molecule has 0 aliphatic carbocycles. The quantitative estimate of drug-likeness (QED) is 0.712. The number of rotatable bonds is 3. The molecule has 0 spiro atoms. The Kier molecular flexibility index (Phi) is 3.83. The Morgan fingerprint density at radius 1 is 1.54 bits per heavy atom. The number of carbonyl (C=O) groups excluding carboxylic acids is 1. The zero-order valence-corrected chi connectivity index (χ0v) is 8.47. The molecule has 13 heavy (non-hydrogen) atoms. The van der Waals surface area contributed by atoms with Gasteiger partial charge in [0.05, 0.1) is 0 Å². The summed E-state index contributed by atoms with van der Waals surface area (Å²) in [6.45, 7) is 1.99. The summed E-state index contributed by atoms with van der Waals surface area (Å²) in [5.41, 5.74) is 2.00. The highest BCUT2D eigenvalue weighted by Crippen LogP contribution is 2.09. The Hall–Kier alpha value is -0.960. The van der Waals surface area contributed by atoms with Gasteiger partial charge < -0.3 is 5.32 Å². The van der Waals surface area contributed by atoms with Gasteiger partial charge in [0.2, 0.25) is 5.91 Å². The maximum Gasteiger partial charge on any atom is 0.225 e. The molecule has 0 aliphatic rings. The van der Waals surface area contributed by atoms with Crippen LogP contribution in [0.1, 0.15) is 12.0 Å². The van der Waals surface area contributed by atoms with Crippen molar-refractivity contribution in [2.75, 3.05) is 11.1 Å². The molecular formula is C10H13NOS. The molecule has 0 fully saturated rings. The average Bonchev–Trinajstić information content (AvgIpc) is 2.04. The number of carbonyl (C=O) groups is 1. The fourth-order valence-electron chi connectivity index (χ4n) is 1.05. The highest BCUT2D eigenvalue weighted by Gasteiger charge is 1.99. The molecule has 1 N–H and O–H groups in total. The number of anilines is 1. The first-order chi connectivity index (χ1) is 6.22. The lowest BCUT2D eigenvalue weighted by molar-refractivity contribution is -0.115. The van der Waals surface area contributed by atoms with Crippen LogP contribution in [0.2, 0.25) is 0 Å². The van der Waals surface area contributed by atoms with Crippen molar-refractivity contribution in [2.24, 2.45) is 0 Å². The van der Waals surface area contributed by atoms with Crippen molar-refractivity contribution in [3.05, 3.63) is 29.8 Å². The summed E-state index contributed by atoms with van der Waals surface area (Å²) in [5, 5.41) is 2.80. The van der Waals surface area contributed by atoms with Gasteiger partial charge in [-0.3, -0.25) is 4.79 Å². The van der Waals surface area contributed by atoms with Gasteiger partial charge in [-0.15, -0.1) is 0 Å². The third kappa shape index (κ3) is 3.51. The minimum absolute atomic E-state index is 0.0144. The zero-order chi connectivity index (χ0) is 9.68. The third-order valence-electron chi connectivity index (χ3n) is 1.64. The average molecular weight is 195 g/mol. The number of amides is 1. The van der Waals surface area contributed by atoms with E-state index in [2.05, 4.69) is 17.9 Å². The van der Waals surface area contributed by atoms with E-state index < -0.39 is 0 Å². The molecule has 1 aromatic carbocycles. The lowest BCUT2D eigenvalue weighted by atomic mass is 10.2. The summed E-state index contributed by atoms with van der Waals surface area (Å²) in [7, 11) is 0. The van der Waals surface area contributed by atoms with Crippen LogP contribution < -0.4 is 5.32 Å². The summed E-state index contributed by atoms with van der Waals surface area (Å²) in [5.74, 6) is 0.595. The number of aryl methyl sites for hydroxylation is 1. The highest BCUT2D eigenvalue weighted by atomic mass is 32.1. The van der Waals surface area contributed by atoms with Crippen LogP contribution in [0.5, 0.6) is 0 Å². The molecule has 0 saturated carbocycles. The molecule has 0 aromatic heterocycles. The van der Waals surface area contributed by atoms with Crippen LogP contribution in [0.25, 0.3) is 0 Å². The van der Waals surface area contributed by atoms with E-state index in [-0.39, 0.29) is 5.91 Å². The SMILES string of the molecule is Cc1cccc(NC(=O)CCS)c1. The van der Waals surface area contributed by atoms with E-state index in [0.29, 0.717) is 12.2 Å². The maximum atomic E-state index is 11.2. The van der Waals surface area contributed by atoms with E-state index >= 15 is 0 Å². The molecular weight excluding hydrogens is 182 g/mol. The molecule has 1 rings (SSSR count). The van der Waals surface area contributed by atoms with E-state index in [9.17, 15) is 4.79 Å². The highest BCUT2D eigenvalue weighted by molar-refractivity contribution is 7.80. The predicted octanol–water partition coefficient (Wildman–Crippen LogP) is 2.25. The predicted molar refractivity (Wildman–Crippen MR) is 58.3 cm³/mol. The van der Waals surface area contributed by atoms with Gasteiger partial charge in [-0.25, -0.2) is 0 Å². The molecule has 0 bridgehead atoms. The van der Waals surface area contributed by atoms with Crippen LogP contribution in [0.15, 0.2) is 24.3 Å². The summed E-state index contributed by atoms with van der Waals surface area (Å²) < 4.78 is 0. The maximum absolute atomic E-state index is 11.2. The first-order valence-electron chi connectivity index (χ1n) is 4.20. The van der Waals surface area contributed by atoms with Gasteiger partial charge in [0.15, 0.2) is 0 Å². The molecule has 0 radical (unpaired) electrons. The zero-order valence-electron chi connectivity index (χ0n) is 7.58. The molecule has 0 atom stereocenters. The van der Waals surface area contributed by atoms with Crippen molar-refractivity contribution < 1.29 is 4.79 Å². The Balaban J connectivity index is 2.58. The summed E-state index contributed by atoms with van der Waals surface area (Å²) in [6.07, 6.45) is 0.455. The van der Waals surface area contributed by atoms with E-state index in [0.717, 1.165) is 11.3 Å². The molecule has 0 saturated heterocycles. The summed E-state index contributed by atoms with van der Waals surface area (Å²) >= 11 is 3.99. The fraction of sp³-hybridized carbons (Fsp3) is 0.300. The smallest absolute Gasteiger partial charge is 0.225 e. The Labute approximate surface area is 83.8 Å². The van der Waals surface area contributed by atoms with Gasteiger partial charge in [0.1, 0.15) is 0 Å². The van der Waals surface area contributed by atoms with Crippen LogP contribution in [0.4, 0.5) is 5.69 Å². The van der Waals surface area contributed by atoms with Gasteiger partial charge in [0.25, 0.3) is 0 Å². The van der Waals surface area contributed by atoms with Crippen LogP contribution in [-0.2, 0) is 4.79 Å². The van der Waals surface area contributed by atoms with Crippen molar-refractivity contribution >= 4 is 24.2 Å². The fourth-order valence-corrected chi connectivity index (χ4v) is 1.25. The van der Waals surface area contributed by atoms with E-state index in [4.69, 9.17) is 0 Å². The Morgan fingerprint density at radius 2 is 2.31 bits per heavy atom. The van der Waals surface area contributed by atoms with Gasteiger partial charge in [-0.05, 0) is 30.4 Å². The monoisotopic (exact) mass is 195 g/mol. The standard InChI is InChI=1S/C10H13NOS/c1-8-3-2-4-9(7-8)11-10(12)5-6-13/h2-4,7,13H,5-6H2,1H3,(H,11,12). The number of benzene rings is 1. The largest absolute Gasteiger partial charge is 0.326 e. The second-order valence-electron chi connectivity index (χ2n) is 2.89. The van der Waals surface area contributed by atoms with Crippen molar-refractivity contribution in [1.29, 1.82) is 0 Å². The third-order valence-corrected chi connectivity index (χ3v) is 1.86. The Morgan fingerprint density at radius 3 is 2.92 bits per heavy atom. The van der Waals surface area contributed by atoms with Gasteiger partial charge in [0, 0.05) is 12.1 Å². The van der Waals surface area contributed by atoms with Gasteiger partial charge >= 0.3 is 0 Å². The van der Waals surface area contributed by atoms with Gasteiger partial charge in [-0.1, -0.05) is 12.1 Å². The minimum Gasteiger partial charge on any atom is -0.326 e. The number of hydrogen-bond donors (Lipinski definition) is 2. The molecule has 70 valence electrons. The van der Waals surface area contributed by atoms with Gasteiger partial charge in [-0.2, -0.15) is 12.6 Å². The molecule has 1 aromatic rings. The van der Waals surface area contributed by atoms with Crippen molar-refractivity contribution in [3.63, 3.8) is 0 Å². The first-order valence-corrected chi connectivity index (χ1v) is 4.83. The van der Waals surface area contributed by atoms with Crippen LogP contribution in [0, 0.1) is 6.92 Å². The molecule has 2 nitrogen and oxygen atoms in total. The second kappa shape index (κ2) is 4.92. The first kappa shape index (κ1) is 10.1.